The van der Waals surface area contributed by atoms with E-state index in [9.17, 15) is 56.2 Å². The Balaban J connectivity index is 0.000000173. The maximum absolute atomic E-state index is 12.7. The minimum absolute atomic E-state index is 0.292. The molecule has 10 fully saturated rings. The van der Waals surface area contributed by atoms with Crippen LogP contribution in [-0.4, -0.2) is 324 Å². The van der Waals surface area contributed by atoms with Crippen molar-refractivity contribution in [1.29, 1.82) is 0 Å². The number of ketones is 1. The van der Waals surface area contributed by atoms with Gasteiger partial charge >= 0.3 is 13.0 Å². The number of Topliss-reactive ketones (excluding diaryl/α,β-unsaturated/α-hetero) is 1. The second-order valence-electron chi connectivity index (χ2n) is 37.4. The highest BCUT2D eigenvalue weighted by Gasteiger charge is 2.43. The average Bonchev–Trinajstić information content (AvgIpc) is 0.811. The van der Waals surface area contributed by atoms with Crippen molar-refractivity contribution in [2.75, 3.05) is 178 Å². The van der Waals surface area contributed by atoms with Crippen LogP contribution in [0.3, 0.4) is 0 Å². The lowest BCUT2D eigenvalue weighted by atomic mass is 9.91. The van der Waals surface area contributed by atoms with Crippen LogP contribution in [0.15, 0.2) is 176 Å². The molecular formula is C102H149N12O18PS5. The number of likely N-dealkylation sites (tertiary alicyclic amines) is 5. The molecule has 36 heteroatoms. The molecular weight excluding hydrogens is 1870 g/mol. The number of aliphatic hydroxyl groups excluding tert-OH is 1. The molecule has 10 heterocycles. The van der Waals surface area contributed by atoms with Gasteiger partial charge in [-0.1, -0.05) is 103 Å². The summed E-state index contributed by atoms with van der Waals surface area (Å²) in [6.07, 6.45) is 42.3. The molecule has 5 aromatic carbocycles. The molecule has 1 N–H and O–H groups in total. The molecule has 5 aromatic rings. The number of carbonyl (C=O) groups is 2. The van der Waals surface area contributed by atoms with Crippen molar-refractivity contribution in [1.82, 2.24) is 46.0 Å². The molecule has 760 valence electrons. The Morgan fingerprint density at radius 3 is 0.783 bits per heavy atom. The number of aliphatic hydroxyl groups is 1. The topological polar surface area (TPSA) is 348 Å². The normalized spacial score (nSPS) is 20.9. The van der Waals surface area contributed by atoms with Gasteiger partial charge in [-0.3, -0.25) is 4.79 Å². The van der Waals surface area contributed by atoms with Gasteiger partial charge in [-0.15, -0.1) is 25.2 Å². The maximum Gasteiger partial charge on any atom is 0.446 e. The molecule has 0 bridgehead atoms. The van der Waals surface area contributed by atoms with Gasteiger partial charge in [0.1, 0.15) is 19.5 Å². The lowest BCUT2D eigenvalue weighted by Gasteiger charge is -2.41. The lowest BCUT2D eigenvalue weighted by Crippen LogP contribution is -2.49. The first-order chi connectivity index (χ1) is 66.6. The molecule has 30 nitrogen and oxygen atoms in total. The van der Waals surface area contributed by atoms with Crippen LogP contribution < -0.4 is 0 Å². The molecule has 15 rings (SSSR count). The van der Waals surface area contributed by atoms with Crippen molar-refractivity contribution < 1.29 is 84.7 Å². The molecule has 0 amide bonds. The molecule has 0 spiro atoms. The van der Waals surface area contributed by atoms with E-state index in [0.717, 1.165) is 234 Å². The van der Waals surface area contributed by atoms with E-state index >= 15 is 0 Å². The predicted molar refractivity (Wildman–Crippen MR) is 538 cm³/mol. The number of rotatable bonds is 32. The van der Waals surface area contributed by atoms with Crippen LogP contribution in [-0.2, 0) is 82.8 Å². The van der Waals surface area contributed by atoms with E-state index in [4.69, 9.17) is 39.4 Å². The molecule has 0 radical (unpaired) electrons. The van der Waals surface area contributed by atoms with Crippen LogP contribution >= 0.6 is 7.60 Å². The number of nitrogens with zero attached hydrogens (tertiary/aromatic N) is 12. The van der Waals surface area contributed by atoms with Gasteiger partial charge in [0.15, 0.2) is 0 Å². The second kappa shape index (κ2) is 57.4. The zero-order chi connectivity index (χ0) is 99.0. The Hall–Kier alpha value is -7.12. The van der Waals surface area contributed by atoms with E-state index in [1.54, 1.807) is 143 Å². The van der Waals surface area contributed by atoms with Crippen LogP contribution in [0.25, 0.3) is 5.53 Å². The Morgan fingerprint density at radius 2 is 0.594 bits per heavy atom. The molecule has 10 saturated heterocycles. The van der Waals surface area contributed by atoms with Crippen molar-refractivity contribution in [3.05, 3.63) is 157 Å². The van der Waals surface area contributed by atoms with Gasteiger partial charge in [-0.05, 0) is 303 Å². The van der Waals surface area contributed by atoms with Crippen molar-refractivity contribution in [3.8, 4) is 37.0 Å². The molecule has 0 atom stereocenters. The molecule has 0 unspecified atom stereocenters. The summed E-state index contributed by atoms with van der Waals surface area (Å²) in [5.74, 6) is 10.4. The molecule has 10 aliphatic heterocycles. The van der Waals surface area contributed by atoms with E-state index in [-0.39, 0.29) is 0 Å². The Bertz CT molecular complexity index is 5170. The minimum Gasteiger partial charge on any atom is -0.396 e. The van der Waals surface area contributed by atoms with Gasteiger partial charge in [-0.25, -0.2) is 46.7 Å². The highest BCUT2D eigenvalue weighted by molar-refractivity contribution is 7.90. The van der Waals surface area contributed by atoms with Crippen LogP contribution in [0.1, 0.15) is 167 Å². The zero-order valence-corrected chi connectivity index (χ0v) is 86.1. The van der Waals surface area contributed by atoms with E-state index in [1.165, 1.54) is 38.5 Å². The summed E-state index contributed by atoms with van der Waals surface area (Å²) in [5.41, 5.74) is 7.73. The van der Waals surface area contributed by atoms with Crippen LogP contribution in [0.2, 0.25) is 0 Å². The lowest BCUT2D eigenvalue weighted by molar-refractivity contribution is -0.114. The Labute approximate surface area is 824 Å². The fourth-order valence-electron chi connectivity index (χ4n) is 20.7. The van der Waals surface area contributed by atoms with Crippen molar-refractivity contribution >= 4 is 75.2 Å². The number of carbonyl (C=O) groups excluding carboxylic acids is 2. The summed E-state index contributed by atoms with van der Waals surface area (Å²) < 4.78 is 166. The van der Waals surface area contributed by atoms with Gasteiger partial charge in [0.25, 0.3) is 0 Å². The van der Waals surface area contributed by atoms with Gasteiger partial charge < -0.3 is 58.5 Å². The number of ether oxygens (including phenoxy) is 2. The van der Waals surface area contributed by atoms with Crippen molar-refractivity contribution in [2.24, 2.45) is 29.6 Å². The van der Waals surface area contributed by atoms with E-state index in [0.29, 0.717) is 164 Å². The fourth-order valence-corrected chi connectivity index (χ4v) is 29.1. The summed E-state index contributed by atoms with van der Waals surface area (Å²) in [6.45, 7) is 20.7. The number of hydrogen-bond acceptors (Lipinski definition) is 23. The Morgan fingerprint density at radius 1 is 0.370 bits per heavy atom. The monoisotopic (exact) mass is 2020 g/mol. The van der Waals surface area contributed by atoms with Crippen molar-refractivity contribution in [2.45, 2.75) is 222 Å². The van der Waals surface area contributed by atoms with Crippen molar-refractivity contribution in [3.63, 3.8) is 0 Å². The predicted octanol–water partition coefficient (Wildman–Crippen LogP) is 12.5. The summed E-state index contributed by atoms with van der Waals surface area (Å²) in [6, 6.07) is 46.2. The zero-order valence-electron chi connectivity index (χ0n) is 81.1. The first-order valence-corrected chi connectivity index (χ1v) is 58.2. The second-order valence-corrected chi connectivity index (χ2v) is 49.2. The summed E-state index contributed by atoms with van der Waals surface area (Å²) in [4.78, 5) is 38.6. The number of sulfonamides is 5. The first kappa shape index (κ1) is 113. The quantitative estimate of drug-likeness (QED) is 0.00795. The highest BCUT2D eigenvalue weighted by Crippen LogP contribution is 2.47. The smallest absolute Gasteiger partial charge is 0.396 e. The number of piperidine rings is 10. The third-order valence-corrected chi connectivity index (χ3v) is 40.5. The van der Waals surface area contributed by atoms with Gasteiger partial charge in [0, 0.05) is 149 Å². The SMILES string of the molecule is C#CCC1CCN(C2CCN(S(=O)(=O)c3ccccc3)CC2)CC1.C#CCOCCC1CCN(C2CCN(S(=O)(=O)c3ccccc3)CC2)CC1.C#CCOCCC1CCN(C2CCN(S(=O)(=O)c3ccccc3)CC2)CC1.COP(=O)(OC)C(=[N+]=[N-])C(C)=O.O=CCC1CCN(C2CCN(S(=O)(=O)c3ccccc3)CC2)CC1.O=S(=O)(c1ccccc1)N1CCC(N2CCC(CCO)CC2)CC1. The van der Waals surface area contributed by atoms with Gasteiger partial charge in [0.2, 0.25) is 55.9 Å². The summed E-state index contributed by atoms with van der Waals surface area (Å²) in [7, 11) is -18.3. The number of terminal acetylenes is 3. The van der Waals surface area contributed by atoms with E-state index in [1.807, 2.05) is 30.3 Å². The molecule has 0 saturated carbocycles. The largest absolute Gasteiger partial charge is 0.446 e. The molecule has 10 aliphatic rings. The first-order valence-electron chi connectivity index (χ1n) is 49.5. The standard InChI is InChI=1S/2C21H30N2O3S.C19H26N2O2S.C18H28N2O3S.C18H26N2O3S.C5H9N2O4P/c2*1-2-17-26-18-12-19-8-13-22(14-9-19)20-10-15-23(16-11-20)27(24,25)21-6-4-3-5-7-21;1-2-6-17-9-13-20(14-10-17)18-11-15-21(16-12-18)24(22,23)19-7-4-3-5-8-19;2*21-15-10-16-6-11-19(12-7-16)17-8-13-20(14-9-17)24(22,23)18-4-2-1-3-5-18;1-4(8)5(7-6)12(9,10-2)11-3/h2*1,3-7,19-20H,8-18H2;1,3-5,7-8,17-18H,6,9-16H2;1-5,16-17,21H,6-15H2;1-5,15-17H,6-14H2;1-3H3. The number of hydrogen-bond donors (Lipinski definition) is 1. The summed E-state index contributed by atoms with van der Waals surface area (Å²) >= 11 is 0. The van der Waals surface area contributed by atoms with E-state index in [2.05, 4.69) is 56.1 Å². The molecule has 0 aromatic heterocycles. The molecule has 0 aliphatic carbocycles. The average molecular weight is 2020 g/mol. The third kappa shape index (κ3) is 33.2. The maximum atomic E-state index is 12.7. The van der Waals surface area contributed by atoms with Crippen LogP contribution in [0.4, 0.5) is 0 Å². The van der Waals surface area contributed by atoms with E-state index < -0.39 is 68.9 Å². The Kier molecular flexibility index (Phi) is 46.9. The fraction of sp³-hybridized carbons (Fsp3) is 0.618. The van der Waals surface area contributed by atoms with Gasteiger partial charge in [0.05, 0.1) is 24.5 Å². The highest BCUT2D eigenvalue weighted by atomic mass is 32.2. The summed E-state index contributed by atoms with van der Waals surface area (Å²) in [5, 5.41) is 9.06. The minimum atomic E-state index is -3.70. The van der Waals surface area contributed by atoms with Crippen LogP contribution in [0.5, 0.6) is 0 Å². The van der Waals surface area contributed by atoms with Gasteiger partial charge in [-0.2, -0.15) is 26.3 Å². The van der Waals surface area contributed by atoms with Crippen LogP contribution in [0, 0.1) is 66.6 Å². The third-order valence-electron chi connectivity index (χ3n) is 29.1. The number of benzene rings is 5. The molecule has 138 heavy (non-hydrogen) atoms. The number of aldehydes is 1.